The van der Waals surface area contributed by atoms with Gasteiger partial charge in [0.2, 0.25) is 11.8 Å². The van der Waals surface area contributed by atoms with E-state index in [4.69, 9.17) is 0 Å². The van der Waals surface area contributed by atoms with Gasteiger partial charge in [0.1, 0.15) is 0 Å². The molecule has 1 aromatic carbocycles. The minimum Gasteiger partial charge on any atom is -0.352 e. The molecule has 0 bridgehead atoms. The van der Waals surface area contributed by atoms with E-state index in [2.05, 4.69) is 10.3 Å². The normalized spacial score (nSPS) is 11.1. The van der Waals surface area contributed by atoms with Crippen molar-refractivity contribution in [3.63, 3.8) is 0 Å². The SMILES string of the molecule is CC(=O)N(CCC(=O)NCc1cccnc1)c1ccc(C(F)(F)F)cc1. The molecule has 2 rings (SSSR count). The van der Waals surface area contributed by atoms with Crippen molar-refractivity contribution in [3.05, 3.63) is 59.9 Å². The number of alkyl halides is 3. The van der Waals surface area contributed by atoms with Crippen LogP contribution in [-0.4, -0.2) is 23.3 Å². The summed E-state index contributed by atoms with van der Waals surface area (Å²) < 4.78 is 37.9. The second kappa shape index (κ2) is 8.46. The van der Waals surface area contributed by atoms with Gasteiger partial charge in [-0.2, -0.15) is 13.2 Å². The molecule has 2 amide bonds. The van der Waals surface area contributed by atoms with Gasteiger partial charge in [0.05, 0.1) is 5.56 Å². The summed E-state index contributed by atoms with van der Waals surface area (Å²) in [5.74, 6) is -0.628. The Balaban J connectivity index is 1.93. The summed E-state index contributed by atoms with van der Waals surface area (Å²) in [5, 5.41) is 2.71. The lowest BCUT2D eigenvalue weighted by Crippen LogP contribution is -2.33. The van der Waals surface area contributed by atoms with Crippen molar-refractivity contribution >= 4 is 17.5 Å². The standard InChI is InChI=1S/C18H18F3N3O2/c1-13(25)24(16-6-4-15(5-7-16)18(19,20)21)10-8-17(26)23-12-14-3-2-9-22-11-14/h2-7,9,11H,8,10,12H2,1H3,(H,23,26). The van der Waals surface area contributed by atoms with Gasteiger partial charge in [0, 0.05) is 44.5 Å². The lowest BCUT2D eigenvalue weighted by atomic mass is 10.2. The van der Waals surface area contributed by atoms with Gasteiger partial charge in [-0.05, 0) is 35.9 Å². The number of carbonyl (C=O) groups is 2. The average molecular weight is 365 g/mol. The molecule has 8 heteroatoms. The summed E-state index contributed by atoms with van der Waals surface area (Å²) in [7, 11) is 0. The van der Waals surface area contributed by atoms with E-state index in [0.717, 1.165) is 17.7 Å². The zero-order valence-electron chi connectivity index (χ0n) is 14.1. The van der Waals surface area contributed by atoms with Crippen molar-refractivity contribution in [2.45, 2.75) is 26.1 Å². The van der Waals surface area contributed by atoms with Crippen LogP contribution >= 0.6 is 0 Å². The lowest BCUT2D eigenvalue weighted by Gasteiger charge is -2.21. The molecule has 1 aromatic heterocycles. The van der Waals surface area contributed by atoms with E-state index in [1.54, 1.807) is 18.5 Å². The van der Waals surface area contributed by atoms with Crippen LogP contribution < -0.4 is 10.2 Å². The van der Waals surface area contributed by atoms with E-state index in [1.807, 2.05) is 6.07 Å². The van der Waals surface area contributed by atoms with E-state index >= 15 is 0 Å². The molecular formula is C18H18F3N3O2. The smallest absolute Gasteiger partial charge is 0.352 e. The molecule has 5 nitrogen and oxygen atoms in total. The molecule has 0 spiro atoms. The third-order valence-corrected chi connectivity index (χ3v) is 3.66. The van der Waals surface area contributed by atoms with Gasteiger partial charge in [-0.1, -0.05) is 6.07 Å². The first-order valence-corrected chi connectivity index (χ1v) is 7.88. The number of hydrogen-bond donors (Lipinski definition) is 1. The second-order valence-corrected chi connectivity index (χ2v) is 5.60. The third kappa shape index (κ3) is 5.58. The number of carbonyl (C=O) groups excluding carboxylic acids is 2. The summed E-state index contributed by atoms with van der Waals surface area (Å²) in [6, 6.07) is 7.83. The molecule has 1 heterocycles. The Labute approximate surface area is 148 Å². The van der Waals surface area contributed by atoms with Gasteiger partial charge in [-0.3, -0.25) is 14.6 Å². The molecule has 0 unspecified atom stereocenters. The summed E-state index contributed by atoms with van der Waals surface area (Å²) in [5.41, 5.74) is 0.358. The van der Waals surface area contributed by atoms with Gasteiger partial charge in [-0.25, -0.2) is 0 Å². The number of nitrogens with one attached hydrogen (secondary N) is 1. The van der Waals surface area contributed by atoms with Gasteiger partial charge in [0.15, 0.2) is 0 Å². The number of pyridine rings is 1. The largest absolute Gasteiger partial charge is 0.416 e. The molecule has 0 atom stereocenters. The molecule has 0 saturated heterocycles. The van der Waals surface area contributed by atoms with Crippen LogP contribution in [-0.2, 0) is 22.3 Å². The molecule has 0 aliphatic heterocycles. The minimum absolute atomic E-state index is 0.0286. The summed E-state index contributed by atoms with van der Waals surface area (Å²) in [6.45, 7) is 1.68. The third-order valence-electron chi connectivity index (χ3n) is 3.66. The molecule has 1 N–H and O–H groups in total. The van der Waals surface area contributed by atoms with Crippen LogP contribution in [0.4, 0.5) is 18.9 Å². The quantitative estimate of drug-likeness (QED) is 0.855. The predicted octanol–water partition coefficient (Wildman–Crippen LogP) is 3.16. The highest BCUT2D eigenvalue weighted by Gasteiger charge is 2.30. The zero-order chi connectivity index (χ0) is 19.2. The van der Waals surface area contributed by atoms with E-state index < -0.39 is 11.7 Å². The van der Waals surface area contributed by atoms with Crippen LogP contribution in [0.3, 0.4) is 0 Å². The number of amides is 2. The van der Waals surface area contributed by atoms with Gasteiger partial charge < -0.3 is 10.2 Å². The van der Waals surface area contributed by atoms with Gasteiger partial charge in [-0.15, -0.1) is 0 Å². The number of aromatic nitrogens is 1. The highest BCUT2D eigenvalue weighted by atomic mass is 19.4. The van der Waals surface area contributed by atoms with Crippen molar-refractivity contribution in [2.75, 3.05) is 11.4 Å². The maximum absolute atomic E-state index is 12.6. The van der Waals surface area contributed by atoms with Crippen molar-refractivity contribution in [3.8, 4) is 0 Å². The fourth-order valence-electron chi connectivity index (χ4n) is 2.30. The van der Waals surface area contributed by atoms with Crippen LogP contribution in [0.1, 0.15) is 24.5 Å². The Hall–Kier alpha value is -2.90. The summed E-state index contributed by atoms with van der Waals surface area (Å²) in [4.78, 5) is 28.9. The van der Waals surface area contributed by atoms with Crippen molar-refractivity contribution in [2.24, 2.45) is 0 Å². The van der Waals surface area contributed by atoms with E-state index in [-0.39, 0.29) is 24.8 Å². The van der Waals surface area contributed by atoms with Crippen LogP contribution in [0.2, 0.25) is 0 Å². The number of anilines is 1. The van der Waals surface area contributed by atoms with Crippen LogP contribution in [0.15, 0.2) is 48.8 Å². The topological polar surface area (TPSA) is 62.3 Å². The highest BCUT2D eigenvalue weighted by Crippen LogP contribution is 2.30. The molecule has 138 valence electrons. The molecule has 26 heavy (non-hydrogen) atoms. The van der Waals surface area contributed by atoms with Crippen molar-refractivity contribution < 1.29 is 22.8 Å². The number of nitrogens with zero attached hydrogens (tertiary/aromatic N) is 2. The fourth-order valence-corrected chi connectivity index (χ4v) is 2.30. The number of hydrogen-bond acceptors (Lipinski definition) is 3. The van der Waals surface area contributed by atoms with Crippen molar-refractivity contribution in [1.29, 1.82) is 0 Å². The van der Waals surface area contributed by atoms with Crippen molar-refractivity contribution in [1.82, 2.24) is 10.3 Å². The maximum atomic E-state index is 12.6. The zero-order valence-corrected chi connectivity index (χ0v) is 14.1. The number of halogens is 3. The van der Waals surface area contributed by atoms with E-state index in [9.17, 15) is 22.8 Å². The van der Waals surface area contributed by atoms with E-state index in [1.165, 1.54) is 24.0 Å². The Kier molecular flexibility index (Phi) is 6.32. The van der Waals surface area contributed by atoms with E-state index in [0.29, 0.717) is 12.2 Å². The Bertz CT molecular complexity index is 747. The molecule has 0 saturated carbocycles. The molecule has 0 aliphatic rings. The Morgan fingerprint density at radius 2 is 1.85 bits per heavy atom. The Morgan fingerprint density at radius 3 is 2.38 bits per heavy atom. The average Bonchev–Trinajstić information content (AvgIpc) is 2.60. The lowest BCUT2D eigenvalue weighted by molar-refractivity contribution is -0.137. The summed E-state index contributed by atoms with van der Waals surface area (Å²) in [6.07, 6.45) is -1.16. The Morgan fingerprint density at radius 1 is 1.15 bits per heavy atom. The number of benzene rings is 1. The fraction of sp³-hybridized carbons (Fsp3) is 0.278. The predicted molar refractivity (Wildman–Crippen MR) is 90.2 cm³/mol. The molecule has 2 aromatic rings. The molecule has 0 aliphatic carbocycles. The highest BCUT2D eigenvalue weighted by molar-refractivity contribution is 5.92. The number of rotatable bonds is 6. The van der Waals surface area contributed by atoms with Gasteiger partial charge >= 0.3 is 6.18 Å². The van der Waals surface area contributed by atoms with Gasteiger partial charge in [0.25, 0.3) is 0 Å². The molecule has 0 radical (unpaired) electrons. The molecular weight excluding hydrogens is 347 g/mol. The van der Waals surface area contributed by atoms with Crippen LogP contribution in [0.25, 0.3) is 0 Å². The second-order valence-electron chi connectivity index (χ2n) is 5.60. The first-order chi connectivity index (χ1) is 12.3. The monoisotopic (exact) mass is 365 g/mol. The van der Waals surface area contributed by atoms with Crippen LogP contribution in [0.5, 0.6) is 0 Å². The first kappa shape index (κ1) is 19.4. The molecule has 0 fully saturated rings. The summed E-state index contributed by atoms with van der Waals surface area (Å²) >= 11 is 0. The maximum Gasteiger partial charge on any atom is 0.416 e. The minimum atomic E-state index is -4.44. The van der Waals surface area contributed by atoms with Crippen LogP contribution in [0, 0.1) is 0 Å². The first-order valence-electron chi connectivity index (χ1n) is 7.88.